The Bertz CT molecular complexity index is 201. The van der Waals surface area contributed by atoms with Crippen LogP contribution in [0.1, 0.15) is 51.4 Å². The van der Waals surface area contributed by atoms with Crippen LogP contribution in [-0.4, -0.2) is 32.1 Å². The minimum absolute atomic E-state index is 0.207. The van der Waals surface area contributed by atoms with Crippen molar-refractivity contribution in [3.05, 3.63) is 0 Å². The SMILES string of the molecule is FC(F)(F)CCCCCOCCC1CCCCO1. The second-order valence-electron chi connectivity index (χ2n) is 4.82. The summed E-state index contributed by atoms with van der Waals surface area (Å²) in [5, 5.41) is 0. The maximum absolute atomic E-state index is 11.8. The van der Waals surface area contributed by atoms with Crippen LogP contribution < -0.4 is 0 Å². The minimum Gasteiger partial charge on any atom is -0.381 e. The first-order valence-electron chi connectivity index (χ1n) is 6.84. The molecule has 18 heavy (non-hydrogen) atoms. The highest BCUT2D eigenvalue weighted by atomic mass is 19.4. The summed E-state index contributed by atoms with van der Waals surface area (Å²) >= 11 is 0. The number of alkyl halides is 3. The molecule has 1 unspecified atom stereocenters. The predicted molar refractivity (Wildman–Crippen MR) is 63.6 cm³/mol. The van der Waals surface area contributed by atoms with Crippen LogP contribution in [0.4, 0.5) is 13.2 Å². The molecule has 1 aliphatic heterocycles. The molecule has 1 aliphatic rings. The predicted octanol–water partition coefficient (Wildman–Crippen LogP) is 4.08. The summed E-state index contributed by atoms with van der Waals surface area (Å²) in [4.78, 5) is 0. The molecule has 1 fully saturated rings. The lowest BCUT2D eigenvalue weighted by molar-refractivity contribution is -0.135. The molecular formula is C13H23F3O2. The zero-order valence-corrected chi connectivity index (χ0v) is 10.8. The molecule has 0 saturated carbocycles. The maximum Gasteiger partial charge on any atom is 0.389 e. The van der Waals surface area contributed by atoms with Crippen molar-refractivity contribution < 1.29 is 22.6 Å². The quantitative estimate of drug-likeness (QED) is 0.617. The Hall–Kier alpha value is -0.290. The highest BCUT2D eigenvalue weighted by Crippen LogP contribution is 2.22. The van der Waals surface area contributed by atoms with Gasteiger partial charge in [-0.15, -0.1) is 0 Å². The van der Waals surface area contributed by atoms with E-state index in [-0.39, 0.29) is 6.42 Å². The summed E-state index contributed by atoms with van der Waals surface area (Å²) in [7, 11) is 0. The third-order valence-corrected chi connectivity index (χ3v) is 3.11. The Balaban J connectivity index is 1.81. The van der Waals surface area contributed by atoms with Crippen molar-refractivity contribution in [3.63, 3.8) is 0 Å². The molecule has 1 heterocycles. The van der Waals surface area contributed by atoms with Crippen LogP contribution in [0.2, 0.25) is 0 Å². The van der Waals surface area contributed by atoms with Gasteiger partial charge >= 0.3 is 6.18 Å². The molecule has 5 heteroatoms. The topological polar surface area (TPSA) is 18.5 Å². The Morgan fingerprint density at radius 2 is 1.89 bits per heavy atom. The fourth-order valence-corrected chi connectivity index (χ4v) is 2.06. The van der Waals surface area contributed by atoms with E-state index >= 15 is 0 Å². The molecule has 0 radical (unpaired) electrons. The number of unbranched alkanes of at least 4 members (excludes halogenated alkanes) is 2. The number of ether oxygens (including phenoxy) is 2. The molecule has 0 aromatic heterocycles. The van der Waals surface area contributed by atoms with E-state index in [0.717, 1.165) is 25.9 Å². The van der Waals surface area contributed by atoms with Gasteiger partial charge in [-0.05, 0) is 38.5 Å². The summed E-state index contributed by atoms with van der Waals surface area (Å²) in [6.45, 7) is 2.07. The summed E-state index contributed by atoms with van der Waals surface area (Å²) in [5.74, 6) is 0. The Morgan fingerprint density at radius 1 is 1.06 bits per heavy atom. The maximum atomic E-state index is 11.8. The average molecular weight is 268 g/mol. The molecule has 0 aromatic rings. The van der Waals surface area contributed by atoms with Crippen molar-refractivity contribution >= 4 is 0 Å². The average Bonchev–Trinajstić information content (AvgIpc) is 2.32. The van der Waals surface area contributed by atoms with Gasteiger partial charge in [-0.25, -0.2) is 0 Å². The Labute approximate surface area is 107 Å². The largest absolute Gasteiger partial charge is 0.389 e. The fraction of sp³-hybridized carbons (Fsp3) is 1.00. The highest BCUT2D eigenvalue weighted by Gasteiger charge is 2.25. The Morgan fingerprint density at radius 3 is 2.56 bits per heavy atom. The van der Waals surface area contributed by atoms with E-state index in [1.54, 1.807) is 0 Å². The van der Waals surface area contributed by atoms with Gasteiger partial charge < -0.3 is 9.47 Å². The smallest absolute Gasteiger partial charge is 0.381 e. The first kappa shape index (κ1) is 15.8. The van der Waals surface area contributed by atoms with Gasteiger partial charge in [0.15, 0.2) is 0 Å². The van der Waals surface area contributed by atoms with Crippen molar-refractivity contribution in [2.75, 3.05) is 19.8 Å². The molecule has 1 saturated heterocycles. The van der Waals surface area contributed by atoms with E-state index in [1.165, 1.54) is 6.42 Å². The van der Waals surface area contributed by atoms with Gasteiger partial charge in [0.25, 0.3) is 0 Å². The van der Waals surface area contributed by atoms with Crippen molar-refractivity contribution in [1.29, 1.82) is 0 Å². The summed E-state index contributed by atoms with van der Waals surface area (Å²) in [6, 6.07) is 0. The molecular weight excluding hydrogens is 245 g/mol. The minimum atomic E-state index is -4.01. The van der Waals surface area contributed by atoms with Crippen molar-refractivity contribution in [2.24, 2.45) is 0 Å². The zero-order valence-electron chi connectivity index (χ0n) is 10.8. The van der Waals surface area contributed by atoms with Crippen LogP contribution in [0.3, 0.4) is 0 Å². The van der Waals surface area contributed by atoms with Gasteiger partial charge in [-0.2, -0.15) is 13.2 Å². The van der Waals surface area contributed by atoms with Gasteiger partial charge in [0, 0.05) is 26.2 Å². The van der Waals surface area contributed by atoms with Crippen LogP contribution in [0.15, 0.2) is 0 Å². The summed E-state index contributed by atoms with van der Waals surface area (Å²) in [6.07, 6.45) is 1.52. The first-order chi connectivity index (χ1) is 8.58. The molecule has 0 aromatic carbocycles. The van der Waals surface area contributed by atoms with E-state index in [4.69, 9.17) is 9.47 Å². The molecule has 0 N–H and O–H groups in total. The van der Waals surface area contributed by atoms with E-state index in [9.17, 15) is 13.2 Å². The normalized spacial score (nSPS) is 21.2. The highest BCUT2D eigenvalue weighted by molar-refractivity contribution is 4.62. The number of halogens is 3. The number of rotatable bonds is 8. The van der Waals surface area contributed by atoms with Crippen LogP contribution in [0, 0.1) is 0 Å². The molecule has 0 bridgehead atoms. The second kappa shape index (κ2) is 8.75. The zero-order chi connectivity index (χ0) is 13.3. The summed E-state index contributed by atoms with van der Waals surface area (Å²) < 4.78 is 46.5. The molecule has 1 rings (SSSR count). The molecule has 0 spiro atoms. The van der Waals surface area contributed by atoms with Crippen LogP contribution in [0.25, 0.3) is 0 Å². The molecule has 0 amide bonds. The molecule has 0 aliphatic carbocycles. The number of hydrogen-bond acceptors (Lipinski definition) is 2. The van der Waals surface area contributed by atoms with Crippen LogP contribution >= 0.6 is 0 Å². The van der Waals surface area contributed by atoms with E-state index in [2.05, 4.69) is 0 Å². The molecule has 1 atom stereocenters. The van der Waals surface area contributed by atoms with Crippen molar-refractivity contribution in [3.8, 4) is 0 Å². The van der Waals surface area contributed by atoms with E-state index in [1.807, 2.05) is 0 Å². The molecule has 108 valence electrons. The Kier molecular flexibility index (Phi) is 7.66. The third kappa shape index (κ3) is 8.75. The standard InChI is InChI=1S/C13H23F3O2/c14-13(15,16)8-3-1-4-9-17-11-7-12-6-2-5-10-18-12/h12H,1-11H2. The third-order valence-electron chi connectivity index (χ3n) is 3.11. The lowest BCUT2D eigenvalue weighted by atomic mass is 10.1. The second-order valence-corrected chi connectivity index (χ2v) is 4.82. The van der Waals surface area contributed by atoms with Crippen LogP contribution in [-0.2, 0) is 9.47 Å². The summed E-state index contributed by atoms with van der Waals surface area (Å²) in [5.41, 5.74) is 0. The van der Waals surface area contributed by atoms with Crippen molar-refractivity contribution in [2.45, 2.75) is 63.6 Å². The van der Waals surface area contributed by atoms with E-state index < -0.39 is 12.6 Å². The molecule has 2 nitrogen and oxygen atoms in total. The van der Waals surface area contributed by atoms with E-state index in [0.29, 0.717) is 32.2 Å². The van der Waals surface area contributed by atoms with Gasteiger partial charge in [0.2, 0.25) is 0 Å². The van der Waals surface area contributed by atoms with Crippen LogP contribution in [0.5, 0.6) is 0 Å². The van der Waals surface area contributed by atoms with Gasteiger partial charge in [0.05, 0.1) is 6.10 Å². The lowest BCUT2D eigenvalue weighted by Crippen LogP contribution is -2.20. The van der Waals surface area contributed by atoms with Gasteiger partial charge in [0.1, 0.15) is 0 Å². The van der Waals surface area contributed by atoms with Gasteiger partial charge in [-0.1, -0.05) is 6.42 Å². The monoisotopic (exact) mass is 268 g/mol. The number of hydrogen-bond donors (Lipinski definition) is 0. The first-order valence-corrected chi connectivity index (χ1v) is 6.84. The van der Waals surface area contributed by atoms with Gasteiger partial charge in [-0.3, -0.25) is 0 Å². The fourth-order valence-electron chi connectivity index (χ4n) is 2.06. The van der Waals surface area contributed by atoms with Crippen molar-refractivity contribution in [1.82, 2.24) is 0 Å². The lowest BCUT2D eigenvalue weighted by Gasteiger charge is -2.22.